The average molecular weight is 536 g/mol. The summed E-state index contributed by atoms with van der Waals surface area (Å²) in [5.41, 5.74) is 2.64. The summed E-state index contributed by atoms with van der Waals surface area (Å²) in [6.07, 6.45) is -9.11. The van der Waals surface area contributed by atoms with Gasteiger partial charge in [-0.05, 0) is 39.9 Å². The quantitative estimate of drug-likeness (QED) is 0.394. The number of amides is 1. The minimum Gasteiger partial charge on any atom is -0.449 e. The Bertz CT molecular complexity index is 1160. The average Bonchev–Trinajstić information content (AvgIpc) is 3.14. The maximum absolute atomic E-state index is 13.3. The Labute approximate surface area is 202 Å². The molecule has 178 valence electrons. The van der Waals surface area contributed by atoms with Gasteiger partial charge in [-0.25, -0.2) is 4.79 Å². The summed E-state index contributed by atoms with van der Waals surface area (Å²) in [5, 5.41) is 22.8. The van der Waals surface area contributed by atoms with Crippen LogP contribution in [0.3, 0.4) is 0 Å². The number of nitrogens with one attached hydrogen (secondary N) is 1. The van der Waals surface area contributed by atoms with Crippen LogP contribution in [0.1, 0.15) is 34.3 Å². The maximum Gasteiger partial charge on any atom is 0.416 e. The lowest BCUT2D eigenvalue weighted by atomic mass is 9.98. The van der Waals surface area contributed by atoms with Gasteiger partial charge in [0.25, 0.3) is 0 Å². The number of aliphatic hydroxyl groups excluding tert-OH is 2. The molecule has 0 radical (unpaired) electrons. The fraction of sp³-hybridized carbons (Fsp3) is 0.240. The van der Waals surface area contributed by atoms with E-state index in [1.54, 1.807) is 0 Å². The van der Waals surface area contributed by atoms with Crippen molar-refractivity contribution in [3.8, 4) is 11.1 Å². The molecule has 1 amide bonds. The number of ether oxygens (including phenoxy) is 1. The largest absolute Gasteiger partial charge is 0.449 e. The number of alkyl carbamates (subject to hydrolysis) is 1. The van der Waals surface area contributed by atoms with E-state index in [0.717, 1.165) is 34.4 Å². The minimum absolute atomic E-state index is 0.0451. The smallest absolute Gasteiger partial charge is 0.416 e. The van der Waals surface area contributed by atoms with Crippen LogP contribution in [0.4, 0.5) is 18.0 Å². The molecule has 0 aromatic heterocycles. The summed E-state index contributed by atoms with van der Waals surface area (Å²) in [6, 6.07) is 18.9. The second-order valence-electron chi connectivity index (χ2n) is 7.95. The molecule has 0 saturated heterocycles. The van der Waals surface area contributed by atoms with E-state index in [1.165, 1.54) is 6.07 Å². The highest BCUT2D eigenvalue weighted by molar-refractivity contribution is 9.10. The lowest BCUT2D eigenvalue weighted by Crippen LogP contribution is -2.36. The second kappa shape index (κ2) is 9.77. The molecular weight excluding hydrogens is 515 g/mol. The van der Waals surface area contributed by atoms with Crippen molar-refractivity contribution in [2.45, 2.75) is 24.3 Å². The van der Waals surface area contributed by atoms with E-state index in [4.69, 9.17) is 4.74 Å². The molecule has 3 N–H and O–H groups in total. The Morgan fingerprint density at radius 1 is 1.00 bits per heavy atom. The van der Waals surface area contributed by atoms with Crippen LogP contribution < -0.4 is 5.32 Å². The number of hydrogen-bond acceptors (Lipinski definition) is 4. The first-order valence-corrected chi connectivity index (χ1v) is 11.3. The Balaban J connectivity index is 1.37. The van der Waals surface area contributed by atoms with E-state index in [9.17, 15) is 28.2 Å². The van der Waals surface area contributed by atoms with Gasteiger partial charge in [0.2, 0.25) is 0 Å². The molecule has 2 unspecified atom stereocenters. The number of fused-ring (bicyclic) bond motifs is 3. The van der Waals surface area contributed by atoms with Crippen LogP contribution in [-0.2, 0) is 10.9 Å². The van der Waals surface area contributed by atoms with Gasteiger partial charge < -0.3 is 20.3 Å². The SMILES string of the molecule is O=C(NCC(O)C(O)c1ccc(Br)cc1C(F)(F)F)OCC1c2ccccc2-c2ccccc21. The second-order valence-corrected chi connectivity index (χ2v) is 8.86. The van der Waals surface area contributed by atoms with Gasteiger partial charge >= 0.3 is 12.3 Å². The predicted octanol–water partition coefficient (Wildman–Crippen LogP) is 5.40. The van der Waals surface area contributed by atoms with Crippen LogP contribution >= 0.6 is 15.9 Å². The van der Waals surface area contributed by atoms with Gasteiger partial charge in [0, 0.05) is 16.9 Å². The third kappa shape index (κ3) is 4.96. The standard InChI is InChI=1S/C25H21BrF3NO4/c26-14-9-10-19(21(11-14)25(27,28)29)23(32)22(31)12-30-24(33)34-13-20-17-7-3-1-5-15(17)16-6-2-4-8-18(16)20/h1-11,20,22-23,31-32H,12-13H2,(H,30,33). The highest BCUT2D eigenvalue weighted by atomic mass is 79.9. The number of carbonyl (C=O) groups is 1. The van der Waals surface area contributed by atoms with Crippen molar-refractivity contribution in [2.24, 2.45) is 0 Å². The predicted molar refractivity (Wildman–Crippen MR) is 123 cm³/mol. The number of halogens is 4. The van der Waals surface area contributed by atoms with E-state index in [2.05, 4.69) is 21.2 Å². The number of rotatable bonds is 6. The van der Waals surface area contributed by atoms with Gasteiger partial charge in [0.1, 0.15) is 18.8 Å². The van der Waals surface area contributed by atoms with Crippen molar-refractivity contribution in [3.63, 3.8) is 0 Å². The van der Waals surface area contributed by atoms with Crippen LogP contribution in [-0.4, -0.2) is 35.6 Å². The highest BCUT2D eigenvalue weighted by Gasteiger charge is 2.37. The lowest BCUT2D eigenvalue weighted by Gasteiger charge is -2.22. The van der Waals surface area contributed by atoms with Crippen LogP contribution in [0.5, 0.6) is 0 Å². The van der Waals surface area contributed by atoms with Crippen molar-refractivity contribution < 1.29 is 32.9 Å². The number of benzene rings is 3. The molecule has 2 atom stereocenters. The molecule has 0 fully saturated rings. The molecule has 3 aromatic carbocycles. The molecule has 1 aliphatic rings. The third-order valence-corrected chi connectivity index (χ3v) is 6.30. The zero-order valence-electron chi connectivity index (χ0n) is 17.7. The van der Waals surface area contributed by atoms with Crippen molar-refractivity contribution in [1.82, 2.24) is 5.32 Å². The summed E-state index contributed by atoms with van der Waals surface area (Å²) in [5.74, 6) is -0.161. The third-order valence-electron chi connectivity index (χ3n) is 5.80. The van der Waals surface area contributed by atoms with Crippen LogP contribution in [0, 0.1) is 0 Å². The summed E-state index contributed by atoms with van der Waals surface area (Å²) < 4.78 is 45.5. The zero-order chi connectivity index (χ0) is 24.5. The number of alkyl halides is 3. The molecule has 34 heavy (non-hydrogen) atoms. The van der Waals surface area contributed by atoms with E-state index in [-0.39, 0.29) is 17.0 Å². The number of hydrogen-bond donors (Lipinski definition) is 3. The van der Waals surface area contributed by atoms with Gasteiger partial charge in [0.05, 0.1) is 5.56 Å². The molecule has 0 saturated carbocycles. The normalized spacial score (nSPS) is 14.8. The fourth-order valence-corrected chi connectivity index (χ4v) is 4.55. The van der Waals surface area contributed by atoms with Crippen molar-refractivity contribution >= 4 is 22.0 Å². The topological polar surface area (TPSA) is 78.8 Å². The Morgan fingerprint density at radius 2 is 1.59 bits per heavy atom. The summed E-state index contributed by atoms with van der Waals surface area (Å²) in [7, 11) is 0. The molecule has 4 rings (SSSR count). The van der Waals surface area contributed by atoms with Gasteiger partial charge in [-0.3, -0.25) is 0 Å². The molecule has 3 aromatic rings. The van der Waals surface area contributed by atoms with Gasteiger partial charge in [0.15, 0.2) is 0 Å². The van der Waals surface area contributed by atoms with E-state index in [1.807, 2.05) is 48.5 Å². The molecule has 0 aliphatic heterocycles. The zero-order valence-corrected chi connectivity index (χ0v) is 19.3. The molecule has 9 heteroatoms. The molecule has 5 nitrogen and oxygen atoms in total. The molecule has 0 bridgehead atoms. The van der Waals surface area contributed by atoms with Crippen LogP contribution in [0.25, 0.3) is 11.1 Å². The van der Waals surface area contributed by atoms with E-state index in [0.29, 0.717) is 0 Å². The monoisotopic (exact) mass is 535 g/mol. The van der Waals surface area contributed by atoms with Crippen LogP contribution in [0.2, 0.25) is 0 Å². The molecule has 0 heterocycles. The first kappa shape index (κ1) is 24.3. The Hall–Kier alpha value is -2.88. The number of carbonyl (C=O) groups excluding carboxylic acids is 1. The summed E-state index contributed by atoms with van der Waals surface area (Å²) in [6.45, 7) is -0.450. The summed E-state index contributed by atoms with van der Waals surface area (Å²) >= 11 is 2.97. The lowest BCUT2D eigenvalue weighted by molar-refractivity contribution is -0.140. The van der Waals surface area contributed by atoms with Crippen molar-refractivity contribution in [2.75, 3.05) is 13.2 Å². The first-order valence-electron chi connectivity index (χ1n) is 10.5. The number of aliphatic hydroxyl groups is 2. The van der Waals surface area contributed by atoms with Gasteiger partial charge in [-0.1, -0.05) is 70.5 Å². The van der Waals surface area contributed by atoms with Crippen molar-refractivity contribution in [3.05, 3.63) is 93.5 Å². The fourth-order valence-electron chi connectivity index (χ4n) is 4.19. The van der Waals surface area contributed by atoms with E-state index < -0.39 is 42.1 Å². The molecule has 1 aliphatic carbocycles. The van der Waals surface area contributed by atoms with Gasteiger partial charge in [-0.15, -0.1) is 0 Å². The maximum atomic E-state index is 13.3. The minimum atomic E-state index is -4.72. The Morgan fingerprint density at radius 3 is 2.18 bits per heavy atom. The van der Waals surface area contributed by atoms with Gasteiger partial charge in [-0.2, -0.15) is 13.2 Å². The molecular formula is C25H21BrF3NO4. The van der Waals surface area contributed by atoms with E-state index >= 15 is 0 Å². The van der Waals surface area contributed by atoms with Crippen LogP contribution in [0.15, 0.2) is 71.2 Å². The highest BCUT2D eigenvalue weighted by Crippen LogP contribution is 2.44. The first-order chi connectivity index (χ1) is 16.2. The van der Waals surface area contributed by atoms with Crippen molar-refractivity contribution in [1.29, 1.82) is 0 Å². The molecule has 0 spiro atoms. The summed E-state index contributed by atoms with van der Waals surface area (Å²) in [4.78, 5) is 12.2. The Kier molecular flexibility index (Phi) is 6.97.